The molecular weight excluding hydrogens is 402 g/mol. The molecule has 2 amide bonds. The van der Waals surface area contributed by atoms with Crippen LogP contribution in [0.3, 0.4) is 0 Å². The standard InChI is InChI=1S/C26H29N3O3/c1-17(2)29(18(3)4)25(31)22-15-23(26(32)28(5)16-22)27-24(30)21-13-11-20(12-14-21)19-9-7-6-8-10-19/h6-18H,1-5H3,(H,27,30). The van der Waals surface area contributed by atoms with E-state index in [4.69, 9.17) is 0 Å². The monoisotopic (exact) mass is 431 g/mol. The van der Waals surface area contributed by atoms with Crippen LogP contribution in [0.25, 0.3) is 11.1 Å². The van der Waals surface area contributed by atoms with Crippen LogP contribution in [0.1, 0.15) is 48.4 Å². The summed E-state index contributed by atoms with van der Waals surface area (Å²) in [5.74, 6) is -0.593. The van der Waals surface area contributed by atoms with E-state index in [2.05, 4.69) is 5.32 Å². The van der Waals surface area contributed by atoms with E-state index < -0.39 is 5.91 Å². The highest BCUT2D eigenvalue weighted by molar-refractivity contribution is 6.05. The van der Waals surface area contributed by atoms with Gasteiger partial charge in [-0.1, -0.05) is 42.5 Å². The van der Waals surface area contributed by atoms with Gasteiger partial charge in [0.25, 0.3) is 17.4 Å². The molecule has 2 aromatic carbocycles. The quantitative estimate of drug-likeness (QED) is 0.622. The lowest BCUT2D eigenvalue weighted by Crippen LogP contribution is -2.42. The van der Waals surface area contributed by atoms with Gasteiger partial charge in [0.1, 0.15) is 5.69 Å². The molecule has 166 valence electrons. The molecule has 0 radical (unpaired) electrons. The van der Waals surface area contributed by atoms with E-state index in [0.29, 0.717) is 11.1 Å². The molecule has 0 atom stereocenters. The van der Waals surface area contributed by atoms with Gasteiger partial charge in [0.2, 0.25) is 0 Å². The number of hydrogen-bond donors (Lipinski definition) is 1. The Bertz CT molecular complexity index is 1160. The lowest BCUT2D eigenvalue weighted by atomic mass is 10.0. The van der Waals surface area contributed by atoms with Crippen molar-refractivity contribution in [3.05, 3.63) is 88.3 Å². The number of aromatic nitrogens is 1. The molecule has 0 aliphatic rings. The zero-order valence-electron chi connectivity index (χ0n) is 19.1. The highest BCUT2D eigenvalue weighted by Crippen LogP contribution is 2.20. The van der Waals surface area contributed by atoms with Crippen LogP contribution < -0.4 is 10.9 Å². The number of carbonyl (C=O) groups is 2. The molecule has 0 saturated carbocycles. The summed E-state index contributed by atoms with van der Waals surface area (Å²) in [6, 6.07) is 18.5. The van der Waals surface area contributed by atoms with Gasteiger partial charge in [-0.15, -0.1) is 0 Å². The average Bonchev–Trinajstić information content (AvgIpc) is 2.76. The second-order valence-electron chi connectivity index (χ2n) is 8.36. The molecule has 0 aliphatic heterocycles. The Hall–Kier alpha value is -3.67. The van der Waals surface area contributed by atoms with Crippen molar-refractivity contribution in [2.45, 2.75) is 39.8 Å². The molecule has 1 heterocycles. The predicted octanol–water partition coefficient (Wildman–Crippen LogP) is 4.56. The molecule has 0 spiro atoms. The second-order valence-corrected chi connectivity index (χ2v) is 8.36. The van der Waals surface area contributed by atoms with Gasteiger partial charge in [-0.2, -0.15) is 0 Å². The number of aryl methyl sites for hydroxylation is 1. The lowest BCUT2D eigenvalue weighted by Gasteiger charge is -2.31. The van der Waals surface area contributed by atoms with Crippen molar-refractivity contribution >= 4 is 17.5 Å². The van der Waals surface area contributed by atoms with Gasteiger partial charge in [-0.25, -0.2) is 0 Å². The Morgan fingerprint density at radius 1 is 0.844 bits per heavy atom. The number of carbonyl (C=O) groups excluding carboxylic acids is 2. The summed E-state index contributed by atoms with van der Waals surface area (Å²) < 4.78 is 1.32. The van der Waals surface area contributed by atoms with E-state index in [1.165, 1.54) is 16.8 Å². The zero-order valence-corrected chi connectivity index (χ0v) is 19.1. The van der Waals surface area contributed by atoms with Crippen LogP contribution in [0.4, 0.5) is 5.69 Å². The maximum absolute atomic E-state index is 13.1. The summed E-state index contributed by atoms with van der Waals surface area (Å²) >= 11 is 0. The Kier molecular flexibility index (Phi) is 6.93. The Morgan fingerprint density at radius 3 is 1.97 bits per heavy atom. The van der Waals surface area contributed by atoms with Gasteiger partial charge in [0.05, 0.1) is 5.56 Å². The molecule has 0 aliphatic carbocycles. The number of pyridine rings is 1. The number of benzene rings is 2. The lowest BCUT2D eigenvalue weighted by molar-refractivity contribution is 0.0642. The topological polar surface area (TPSA) is 71.4 Å². The molecule has 0 unspecified atom stereocenters. The molecule has 1 aromatic heterocycles. The van der Waals surface area contributed by atoms with Crippen LogP contribution in [0.2, 0.25) is 0 Å². The molecule has 0 bridgehead atoms. The number of rotatable bonds is 6. The van der Waals surface area contributed by atoms with Gasteiger partial charge < -0.3 is 14.8 Å². The minimum absolute atomic E-state index is 0.000837. The van der Waals surface area contributed by atoms with Gasteiger partial charge >= 0.3 is 0 Å². The van der Waals surface area contributed by atoms with Gasteiger partial charge in [-0.3, -0.25) is 14.4 Å². The third-order valence-corrected chi connectivity index (χ3v) is 5.28. The number of hydrogen-bond acceptors (Lipinski definition) is 3. The normalized spacial score (nSPS) is 11.0. The Labute approximate surface area is 188 Å². The first kappa shape index (κ1) is 23.0. The van der Waals surface area contributed by atoms with Crippen molar-refractivity contribution in [1.82, 2.24) is 9.47 Å². The smallest absolute Gasteiger partial charge is 0.274 e. The van der Waals surface area contributed by atoms with Crippen molar-refractivity contribution < 1.29 is 9.59 Å². The number of nitrogens with zero attached hydrogens (tertiary/aromatic N) is 2. The van der Waals surface area contributed by atoms with Gasteiger partial charge in [0, 0.05) is 30.9 Å². The summed E-state index contributed by atoms with van der Waals surface area (Å²) in [6.07, 6.45) is 1.51. The fourth-order valence-corrected chi connectivity index (χ4v) is 3.77. The first-order chi connectivity index (χ1) is 15.2. The molecule has 6 nitrogen and oxygen atoms in total. The van der Waals surface area contributed by atoms with Crippen molar-refractivity contribution in [3.8, 4) is 11.1 Å². The predicted molar refractivity (Wildman–Crippen MR) is 128 cm³/mol. The highest BCUT2D eigenvalue weighted by atomic mass is 16.2. The van der Waals surface area contributed by atoms with E-state index >= 15 is 0 Å². The van der Waals surface area contributed by atoms with E-state index in [1.54, 1.807) is 24.1 Å². The largest absolute Gasteiger partial charge is 0.334 e. The molecule has 0 fully saturated rings. The molecule has 6 heteroatoms. The molecule has 32 heavy (non-hydrogen) atoms. The van der Waals surface area contributed by atoms with Crippen molar-refractivity contribution in [1.29, 1.82) is 0 Å². The summed E-state index contributed by atoms with van der Waals surface area (Å²) in [4.78, 5) is 40.2. The molecule has 0 saturated heterocycles. The maximum atomic E-state index is 13.1. The maximum Gasteiger partial charge on any atom is 0.274 e. The summed E-state index contributed by atoms with van der Waals surface area (Å²) in [5, 5.41) is 2.68. The number of anilines is 1. The highest BCUT2D eigenvalue weighted by Gasteiger charge is 2.23. The first-order valence-electron chi connectivity index (χ1n) is 10.7. The Balaban J connectivity index is 1.86. The summed E-state index contributed by atoms with van der Waals surface area (Å²) in [6.45, 7) is 7.78. The van der Waals surface area contributed by atoms with E-state index in [9.17, 15) is 14.4 Å². The zero-order chi connectivity index (χ0) is 23.4. The minimum atomic E-state index is -0.407. The first-order valence-corrected chi connectivity index (χ1v) is 10.7. The second kappa shape index (κ2) is 9.64. The van der Waals surface area contributed by atoms with Crippen LogP contribution in [0.5, 0.6) is 0 Å². The third-order valence-electron chi connectivity index (χ3n) is 5.28. The van der Waals surface area contributed by atoms with Crippen LogP contribution in [0.15, 0.2) is 71.7 Å². The third kappa shape index (κ3) is 4.97. The summed E-state index contributed by atoms with van der Waals surface area (Å²) in [7, 11) is 1.57. The van der Waals surface area contributed by atoms with Crippen LogP contribution >= 0.6 is 0 Å². The van der Waals surface area contributed by atoms with Crippen LogP contribution in [-0.2, 0) is 7.05 Å². The Morgan fingerprint density at radius 2 is 1.41 bits per heavy atom. The van der Waals surface area contributed by atoms with Crippen molar-refractivity contribution in [2.75, 3.05) is 5.32 Å². The fraction of sp³-hybridized carbons (Fsp3) is 0.269. The fourth-order valence-electron chi connectivity index (χ4n) is 3.77. The molecule has 3 aromatic rings. The average molecular weight is 432 g/mol. The van der Waals surface area contributed by atoms with Gasteiger partial charge in [0.15, 0.2) is 0 Å². The van der Waals surface area contributed by atoms with E-state index in [0.717, 1.165) is 11.1 Å². The SMILES string of the molecule is CC(C)N(C(=O)c1cc(NC(=O)c2ccc(-c3ccccc3)cc2)c(=O)n(C)c1)C(C)C. The van der Waals surface area contributed by atoms with Crippen LogP contribution in [0, 0.1) is 0 Å². The van der Waals surface area contributed by atoms with E-state index in [-0.39, 0.29) is 29.2 Å². The molecule has 1 N–H and O–H groups in total. The molecule has 3 rings (SSSR count). The van der Waals surface area contributed by atoms with Crippen molar-refractivity contribution in [2.24, 2.45) is 7.05 Å². The summed E-state index contributed by atoms with van der Waals surface area (Å²) in [5.41, 5.74) is 2.52. The minimum Gasteiger partial charge on any atom is -0.334 e. The van der Waals surface area contributed by atoms with E-state index in [1.807, 2.05) is 70.2 Å². The number of amides is 2. The van der Waals surface area contributed by atoms with Gasteiger partial charge in [-0.05, 0) is 57.0 Å². The van der Waals surface area contributed by atoms with Crippen LogP contribution in [-0.4, -0.2) is 33.4 Å². The van der Waals surface area contributed by atoms with Crippen molar-refractivity contribution in [3.63, 3.8) is 0 Å². The number of nitrogens with one attached hydrogen (secondary N) is 1. The molecular formula is C26H29N3O3.